The monoisotopic (exact) mass is 199 g/mol. The second-order valence-electron chi connectivity index (χ2n) is 4.25. The first-order chi connectivity index (χ1) is 6.59. The number of hydrogen-bond donors (Lipinski definition) is 1. The molecule has 1 fully saturated rings. The van der Waals surface area contributed by atoms with Crippen molar-refractivity contribution >= 4 is 5.91 Å². The van der Waals surface area contributed by atoms with Crippen molar-refractivity contribution in [3.8, 4) is 0 Å². The fourth-order valence-electron chi connectivity index (χ4n) is 1.62. The van der Waals surface area contributed by atoms with Crippen molar-refractivity contribution in [1.82, 2.24) is 15.1 Å². The molecule has 1 amide bonds. The predicted molar refractivity (Wildman–Crippen MR) is 57.2 cm³/mol. The van der Waals surface area contributed by atoms with Gasteiger partial charge in [0, 0.05) is 38.6 Å². The van der Waals surface area contributed by atoms with Crippen molar-refractivity contribution in [3.63, 3.8) is 0 Å². The van der Waals surface area contributed by atoms with E-state index in [1.165, 1.54) is 0 Å². The van der Waals surface area contributed by atoms with Crippen LogP contribution < -0.4 is 5.32 Å². The summed E-state index contributed by atoms with van der Waals surface area (Å²) >= 11 is 0. The molecule has 0 saturated carbocycles. The van der Waals surface area contributed by atoms with Gasteiger partial charge in [0.15, 0.2) is 0 Å². The van der Waals surface area contributed by atoms with Crippen molar-refractivity contribution in [2.45, 2.75) is 19.4 Å². The second kappa shape index (κ2) is 5.32. The Balaban J connectivity index is 2.42. The van der Waals surface area contributed by atoms with Crippen LogP contribution >= 0.6 is 0 Å². The molecule has 0 bridgehead atoms. The van der Waals surface area contributed by atoms with Gasteiger partial charge in [0.2, 0.25) is 5.91 Å². The molecule has 0 aromatic carbocycles. The van der Waals surface area contributed by atoms with Gasteiger partial charge in [-0.25, -0.2) is 0 Å². The van der Waals surface area contributed by atoms with Crippen molar-refractivity contribution < 1.29 is 4.79 Å². The van der Waals surface area contributed by atoms with Gasteiger partial charge in [-0.3, -0.25) is 4.79 Å². The van der Waals surface area contributed by atoms with Crippen molar-refractivity contribution in [2.24, 2.45) is 0 Å². The molecule has 1 aliphatic rings. The molecule has 0 aromatic heterocycles. The molecule has 0 radical (unpaired) electrons. The van der Waals surface area contributed by atoms with Gasteiger partial charge in [-0.2, -0.15) is 0 Å². The maximum Gasteiger partial charge on any atom is 0.223 e. The highest BCUT2D eigenvalue weighted by Crippen LogP contribution is 2.01. The fraction of sp³-hybridized carbons (Fsp3) is 0.900. The maximum absolute atomic E-state index is 11.6. The zero-order chi connectivity index (χ0) is 10.6. The number of carbonyl (C=O) groups is 1. The number of nitrogens with one attached hydrogen (secondary N) is 1. The molecule has 0 aromatic rings. The smallest absolute Gasteiger partial charge is 0.223 e. The zero-order valence-corrected chi connectivity index (χ0v) is 9.42. The number of likely N-dealkylation sites (N-methyl/N-ethyl adjacent to an activating group) is 1. The van der Waals surface area contributed by atoms with Gasteiger partial charge in [-0.1, -0.05) is 0 Å². The third-order valence-corrected chi connectivity index (χ3v) is 2.50. The number of nitrogens with zero attached hydrogens (tertiary/aromatic N) is 2. The normalized spacial score (nSPS) is 24.1. The third kappa shape index (κ3) is 3.64. The fourth-order valence-corrected chi connectivity index (χ4v) is 1.62. The topological polar surface area (TPSA) is 35.6 Å². The van der Waals surface area contributed by atoms with Crippen LogP contribution in [0.1, 0.15) is 13.3 Å². The highest BCUT2D eigenvalue weighted by atomic mass is 16.2. The van der Waals surface area contributed by atoms with Crippen LogP contribution in [0, 0.1) is 0 Å². The van der Waals surface area contributed by atoms with Gasteiger partial charge in [-0.05, 0) is 21.0 Å². The lowest BCUT2D eigenvalue weighted by atomic mass is 10.3. The first-order valence-corrected chi connectivity index (χ1v) is 5.25. The molecule has 1 heterocycles. The summed E-state index contributed by atoms with van der Waals surface area (Å²) in [5.74, 6) is 0.281. The summed E-state index contributed by atoms with van der Waals surface area (Å²) < 4.78 is 0. The summed E-state index contributed by atoms with van der Waals surface area (Å²) in [4.78, 5) is 15.7. The van der Waals surface area contributed by atoms with Gasteiger partial charge < -0.3 is 15.1 Å². The van der Waals surface area contributed by atoms with E-state index in [0.29, 0.717) is 12.5 Å². The first-order valence-electron chi connectivity index (χ1n) is 5.25. The second-order valence-corrected chi connectivity index (χ2v) is 4.25. The number of carbonyl (C=O) groups excluding carboxylic acids is 1. The van der Waals surface area contributed by atoms with E-state index >= 15 is 0 Å². The molecule has 0 spiro atoms. The van der Waals surface area contributed by atoms with Crippen molar-refractivity contribution in [1.29, 1.82) is 0 Å². The van der Waals surface area contributed by atoms with Crippen LogP contribution in [-0.4, -0.2) is 62.0 Å². The third-order valence-electron chi connectivity index (χ3n) is 2.50. The minimum absolute atomic E-state index is 0.281. The van der Waals surface area contributed by atoms with Crippen LogP contribution in [0.25, 0.3) is 0 Å². The first kappa shape index (κ1) is 11.5. The molecule has 0 aliphatic carbocycles. The number of rotatable bonds is 3. The van der Waals surface area contributed by atoms with E-state index in [2.05, 4.69) is 17.1 Å². The van der Waals surface area contributed by atoms with Crippen LogP contribution in [-0.2, 0) is 4.79 Å². The van der Waals surface area contributed by atoms with Crippen LogP contribution in [0.2, 0.25) is 0 Å². The van der Waals surface area contributed by atoms with Gasteiger partial charge in [-0.15, -0.1) is 0 Å². The Bertz CT molecular complexity index is 194. The lowest BCUT2D eigenvalue weighted by Crippen LogP contribution is -2.40. The van der Waals surface area contributed by atoms with Crippen LogP contribution in [0.3, 0.4) is 0 Å². The molecular formula is C10H21N3O. The molecule has 1 aliphatic heterocycles. The molecular weight excluding hydrogens is 178 g/mol. The van der Waals surface area contributed by atoms with Gasteiger partial charge in [0.1, 0.15) is 0 Å². The van der Waals surface area contributed by atoms with E-state index in [-0.39, 0.29) is 5.91 Å². The number of hydrogen-bond acceptors (Lipinski definition) is 3. The average molecular weight is 199 g/mol. The summed E-state index contributed by atoms with van der Waals surface area (Å²) in [5, 5.41) is 3.32. The Morgan fingerprint density at radius 3 is 2.93 bits per heavy atom. The van der Waals surface area contributed by atoms with Crippen LogP contribution in [0.4, 0.5) is 0 Å². The Hall–Kier alpha value is -0.610. The van der Waals surface area contributed by atoms with Gasteiger partial charge in [0.05, 0.1) is 0 Å². The molecule has 82 valence electrons. The lowest BCUT2D eigenvalue weighted by molar-refractivity contribution is -0.130. The highest BCUT2D eigenvalue weighted by molar-refractivity contribution is 5.76. The molecule has 14 heavy (non-hydrogen) atoms. The summed E-state index contributed by atoms with van der Waals surface area (Å²) in [6, 6.07) is 0.420. The van der Waals surface area contributed by atoms with E-state index in [4.69, 9.17) is 0 Å². The zero-order valence-electron chi connectivity index (χ0n) is 9.42. The SMILES string of the molecule is CC1CN(CCN(C)C)C(=O)CCN1. The van der Waals surface area contributed by atoms with E-state index in [0.717, 1.165) is 26.2 Å². The predicted octanol–water partition coefficient (Wildman–Crippen LogP) is -0.242. The van der Waals surface area contributed by atoms with Crippen LogP contribution in [0.5, 0.6) is 0 Å². The molecule has 1 N–H and O–H groups in total. The summed E-state index contributed by atoms with van der Waals surface area (Å²) in [5.41, 5.74) is 0. The summed E-state index contributed by atoms with van der Waals surface area (Å²) in [7, 11) is 4.06. The molecule has 1 atom stereocenters. The van der Waals surface area contributed by atoms with Crippen molar-refractivity contribution in [2.75, 3.05) is 40.3 Å². The standard InChI is InChI=1S/C10H21N3O/c1-9-8-13(7-6-12(2)3)10(14)4-5-11-9/h9,11H,4-8H2,1-3H3. The minimum Gasteiger partial charge on any atom is -0.340 e. The van der Waals surface area contributed by atoms with E-state index in [1.54, 1.807) is 0 Å². The molecule has 4 nitrogen and oxygen atoms in total. The average Bonchev–Trinajstić information content (AvgIpc) is 2.25. The quantitative estimate of drug-likeness (QED) is 0.681. The number of amides is 1. The van der Waals surface area contributed by atoms with Gasteiger partial charge >= 0.3 is 0 Å². The molecule has 1 rings (SSSR count). The Morgan fingerprint density at radius 1 is 1.57 bits per heavy atom. The summed E-state index contributed by atoms with van der Waals surface area (Å²) in [6.45, 7) is 5.57. The Kier molecular flexibility index (Phi) is 4.35. The van der Waals surface area contributed by atoms with E-state index < -0.39 is 0 Å². The largest absolute Gasteiger partial charge is 0.340 e. The Morgan fingerprint density at radius 2 is 2.29 bits per heavy atom. The highest BCUT2D eigenvalue weighted by Gasteiger charge is 2.19. The van der Waals surface area contributed by atoms with E-state index in [9.17, 15) is 4.79 Å². The molecule has 1 saturated heterocycles. The molecule has 1 unspecified atom stereocenters. The lowest BCUT2D eigenvalue weighted by Gasteiger charge is -2.24. The van der Waals surface area contributed by atoms with Gasteiger partial charge in [0.25, 0.3) is 0 Å². The Labute approximate surface area is 86.2 Å². The minimum atomic E-state index is 0.281. The van der Waals surface area contributed by atoms with Crippen molar-refractivity contribution in [3.05, 3.63) is 0 Å². The molecule has 4 heteroatoms. The summed E-state index contributed by atoms with van der Waals surface area (Å²) in [6.07, 6.45) is 0.637. The van der Waals surface area contributed by atoms with Crippen LogP contribution in [0.15, 0.2) is 0 Å². The maximum atomic E-state index is 11.6. The van der Waals surface area contributed by atoms with E-state index in [1.807, 2.05) is 19.0 Å².